The number of aromatic nitrogens is 2. The number of hydrogen-bond acceptors (Lipinski definition) is 5. The Balaban J connectivity index is 2.11. The van der Waals surface area contributed by atoms with Crippen molar-refractivity contribution in [2.75, 3.05) is 0 Å². The molecule has 0 spiro atoms. The first kappa shape index (κ1) is 9.91. The molecule has 1 aliphatic heterocycles. The maximum absolute atomic E-state index is 11.2. The van der Waals surface area contributed by atoms with Gasteiger partial charge in [0.2, 0.25) is 0 Å². The fraction of sp³-hybridized carbons (Fsp3) is 0. The molecule has 1 aliphatic rings. The van der Waals surface area contributed by atoms with Gasteiger partial charge in [-0.2, -0.15) is 5.10 Å². The summed E-state index contributed by atoms with van der Waals surface area (Å²) in [6.07, 6.45) is 8.48. The van der Waals surface area contributed by atoms with Crippen LogP contribution in [0.1, 0.15) is 15.2 Å². The van der Waals surface area contributed by atoms with Crippen LogP contribution < -0.4 is 11.2 Å². The molecule has 0 fully saturated rings. The van der Waals surface area contributed by atoms with E-state index in [1.165, 1.54) is 23.8 Å². The van der Waals surface area contributed by atoms with E-state index in [0.29, 0.717) is 5.56 Å². The molecule has 86 valence electrons. The van der Waals surface area contributed by atoms with Crippen molar-refractivity contribution in [3.8, 4) is 0 Å². The second kappa shape index (κ2) is 3.63. The van der Waals surface area contributed by atoms with E-state index >= 15 is 0 Å². The average Bonchev–Trinajstić information content (AvgIpc) is 2.88. The third-order valence-electron chi connectivity index (χ3n) is 2.31. The minimum atomic E-state index is -0.477. The maximum atomic E-state index is 11.2. The molecule has 3 N–H and O–H groups in total. The smallest absolute Gasteiger partial charge is 0.253 e. The first-order chi connectivity index (χ1) is 8.25. The van der Waals surface area contributed by atoms with E-state index in [-0.39, 0.29) is 0 Å². The van der Waals surface area contributed by atoms with Crippen LogP contribution in [0.25, 0.3) is 10.5 Å². The number of carbonyl (C=O) groups is 1. The largest absolute Gasteiger partial charge is 0.390 e. The van der Waals surface area contributed by atoms with Crippen LogP contribution in [0.4, 0.5) is 0 Å². The summed E-state index contributed by atoms with van der Waals surface area (Å²) in [5.74, 6) is -0.477. The number of nitrogens with two attached hydrogens (primary N) is 1. The van der Waals surface area contributed by atoms with E-state index in [1.807, 2.05) is 12.3 Å². The molecular weight excluding hydrogens is 240 g/mol. The summed E-state index contributed by atoms with van der Waals surface area (Å²) in [6, 6.07) is 0. The number of nitrogens with one attached hydrogen (secondary N) is 1. The lowest BCUT2D eigenvalue weighted by Crippen LogP contribution is -2.10. The molecule has 1 amide bonds. The van der Waals surface area contributed by atoms with Gasteiger partial charge >= 0.3 is 0 Å². The SMILES string of the molecule is NC(=O)c1cnn2cc(C3=CC=CON3)sc12. The highest BCUT2D eigenvalue weighted by molar-refractivity contribution is 7.18. The normalized spacial score (nSPS) is 14.2. The Morgan fingerprint density at radius 3 is 3.18 bits per heavy atom. The van der Waals surface area contributed by atoms with Gasteiger partial charge in [-0.05, 0) is 12.2 Å². The minimum absolute atomic E-state index is 0.425. The van der Waals surface area contributed by atoms with Crippen molar-refractivity contribution in [3.05, 3.63) is 41.2 Å². The summed E-state index contributed by atoms with van der Waals surface area (Å²) in [6.45, 7) is 0. The molecule has 2 aromatic heterocycles. The molecule has 0 aliphatic carbocycles. The second-order valence-corrected chi connectivity index (χ2v) is 4.43. The Labute approximate surface area is 99.9 Å². The lowest BCUT2D eigenvalue weighted by molar-refractivity contribution is 0.100. The number of carbonyl (C=O) groups excluding carboxylic acids is 1. The Morgan fingerprint density at radius 2 is 2.47 bits per heavy atom. The monoisotopic (exact) mass is 248 g/mol. The van der Waals surface area contributed by atoms with Crippen molar-refractivity contribution in [1.82, 2.24) is 15.1 Å². The summed E-state index contributed by atoms with van der Waals surface area (Å²) in [7, 11) is 0. The first-order valence-corrected chi connectivity index (χ1v) is 5.63. The molecule has 0 saturated heterocycles. The maximum Gasteiger partial charge on any atom is 0.253 e. The van der Waals surface area contributed by atoms with Crippen molar-refractivity contribution in [3.63, 3.8) is 0 Å². The van der Waals surface area contributed by atoms with Crippen molar-refractivity contribution in [2.24, 2.45) is 5.73 Å². The number of allylic oxidation sites excluding steroid dienone is 2. The Kier molecular flexibility index (Phi) is 2.12. The van der Waals surface area contributed by atoms with Gasteiger partial charge in [0.1, 0.15) is 11.1 Å². The number of amides is 1. The van der Waals surface area contributed by atoms with E-state index in [4.69, 9.17) is 10.6 Å². The second-order valence-electron chi connectivity index (χ2n) is 3.40. The number of hydrogen-bond donors (Lipinski definition) is 2. The van der Waals surface area contributed by atoms with Crippen LogP contribution in [0, 0.1) is 0 Å². The van der Waals surface area contributed by atoms with Gasteiger partial charge < -0.3 is 10.6 Å². The fourth-order valence-corrected chi connectivity index (χ4v) is 2.56. The zero-order chi connectivity index (χ0) is 11.8. The molecular formula is C10H8N4O2S. The fourth-order valence-electron chi connectivity index (χ4n) is 1.52. The first-order valence-electron chi connectivity index (χ1n) is 4.81. The topological polar surface area (TPSA) is 81.7 Å². The molecule has 6 nitrogen and oxygen atoms in total. The van der Waals surface area contributed by atoms with Crippen LogP contribution in [-0.2, 0) is 4.84 Å². The summed E-state index contributed by atoms with van der Waals surface area (Å²) in [5.41, 5.74) is 9.27. The Hall–Kier alpha value is -2.28. The summed E-state index contributed by atoms with van der Waals surface area (Å²) >= 11 is 1.42. The Bertz CT molecular complexity index is 652. The zero-order valence-electron chi connectivity index (χ0n) is 8.58. The van der Waals surface area contributed by atoms with Gasteiger partial charge in [0.15, 0.2) is 0 Å². The lowest BCUT2D eigenvalue weighted by atomic mass is 10.3. The van der Waals surface area contributed by atoms with Crippen molar-refractivity contribution in [2.45, 2.75) is 0 Å². The van der Waals surface area contributed by atoms with Crippen molar-refractivity contribution in [1.29, 1.82) is 0 Å². The standard InChI is InChI=1S/C10H8N4O2S/c11-9(15)6-4-12-14-5-8(17-10(6)14)7-2-1-3-16-13-7/h1-5,13H,(H2,11,15). The van der Waals surface area contributed by atoms with Gasteiger partial charge in [-0.3, -0.25) is 4.79 Å². The molecule has 0 saturated carbocycles. The van der Waals surface area contributed by atoms with Crippen LogP contribution in [-0.4, -0.2) is 15.5 Å². The minimum Gasteiger partial charge on any atom is -0.390 e. The van der Waals surface area contributed by atoms with E-state index in [1.54, 1.807) is 10.6 Å². The third kappa shape index (κ3) is 1.56. The van der Waals surface area contributed by atoms with Crippen molar-refractivity contribution < 1.29 is 9.63 Å². The van der Waals surface area contributed by atoms with Crippen LogP contribution in [0.15, 0.2) is 30.8 Å². The van der Waals surface area contributed by atoms with Gasteiger partial charge in [0.05, 0.1) is 22.3 Å². The quantitative estimate of drug-likeness (QED) is 0.826. The van der Waals surface area contributed by atoms with Gasteiger partial charge in [0, 0.05) is 6.20 Å². The molecule has 3 heterocycles. The number of hydroxylamine groups is 1. The van der Waals surface area contributed by atoms with Gasteiger partial charge in [0.25, 0.3) is 5.91 Å². The van der Waals surface area contributed by atoms with Crippen LogP contribution in [0.5, 0.6) is 0 Å². The molecule has 2 aromatic rings. The molecule has 7 heteroatoms. The number of rotatable bonds is 2. The third-order valence-corrected chi connectivity index (χ3v) is 3.45. The highest BCUT2D eigenvalue weighted by Crippen LogP contribution is 2.26. The summed E-state index contributed by atoms with van der Waals surface area (Å²) in [5, 5.41) is 4.07. The van der Waals surface area contributed by atoms with E-state index in [0.717, 1.165) is 15.4 Å². The molecule has 0 unspecified atom stereocenters. The van der Waals surface area contributed by atoms with Crippen molar-refractivity contribution >= 4 is 27.8 Å². The predicted octanol–water partition coefficient (Wildman–Crippen LogP) is 0.884. The number of nitrogens with zero attached hydrogens (tertiary/aromatic N) is 2. The van der Waals surface area contributed by atoms with Gasteiger partial charge in [-0.1, -0.05) is 0 Å². The van der Waals surface area contributed by atoms with Gasteiger partial charge in [-0.15, -0.1) is 11.3 Å². The van der Waals surface area contributed by atoms with E-state index in [2.05, 4.69) is 10.6 Å². The summed E-state index contributed by atoms with van der Waals surface area (Å²) < 4.78 is 1.63. The molecule has 0 bridgehead atoms. The average molecular weight is 248 g/mol. The number of primary amides is 1. The molecule has 0 radical (unpaired) electrons. The van der Waals surface area contributed by atoms with Crippen LogP contribution in [0.3, 0.4) is 0 Å². The number of fused-ring (bicyclic) bond motifs is 1. The Morgan fingerprint density at radius 1 is 1.59 bits per heavy atom. The highest BCUT2D eigenvalue weighted by atomic mass is 32.1. The van der Waals surface area contributed by atoms with E-state index in [9.17, 15) is 4.79 Å². The van der Waals surface area contributed by atoms with Crippen LogP contribution in [0.2, 0.25) is 0 Å². The lowest BCUT2D eigenvalue weighted by Gasteiger charge is -2.09. The molecule has 0 atom stereocenters. The zero-order valence-corrected chi connectivity index (χ0v) is 9.40. The molecule has 3 rings (SSSR count). The molecule has 0 aromatic carbocycles. The highest BCUT2D eigenvalue weighted by Gasteiger charge is 2.15. The molecule has 17 heavy (non-hydrogen) atoms. The van der Waals surface area contributed by atoms with Gasteiger partial charge in [-0.25, -0.2) is 10.00 Å². The number of thiazole rings is 1. The van der Waals surface area contributed by atoms with E-state index < -0.39 is 5.91 Å². The predicted molar refractivity (Wildman–Crippen MR) is 62.9 cm³/mol. The summed E-state index contributed by atoms with van der Waals surface area (Å²) in [4.78, 5) is 17.8. The van der Waals surface area contributed by atoms with Crippen LogP contribution >= 0.6 is 11.3 Å².